The Kier molecular flexibility index (Phi) is 18.9. The van der Waals surface area contributed by atoms with E-state index in [0.29, 0.717) is 24.3 Å². The highest BCUT2D eigenvalue weighted by atomic mass is 16.5. The minimum Gasteiger partial charge on any atom is -0.473 e. The molecule has 0 aliphatic carbocycles. The third-order valence-corrected chi connectivity index (χ3v) is 5.01. The number of hydrogen-bond donors (Lipinski definition) is 2. The van der Waals surface area contributed by atoms with Crippen LogP contribution in [-0.4, -0.2) is 47.3 Å². The highest BCUT2D eigenvalue weighted by Gasteiger charge is 2.18. The van der Waals surface area contributed by atoms with Crippen LogP contribution in [0.4, 0.5) is 0 Å². The van der Waals surface area contributed by atoms with Crippen molar-refractivity contribution < 1.29 is 38.9 Å². The van der Waals surface area contributed by atoms with Gasteiger partial charge in [-0.3, -0.25) is 0 Å². The van der Waals surface area contributed by atoms with Gasteiger partial charge in [-0.15, -0.1) is 0 Å². The zero-order valence-corrected chi connectivity index (χ0v) is 20.6. The molecule has 0 fully saturated rings. The van der Waals surface area contributed by atoms with Crippen LogP contribution in [0.5, 0.6) is 0 Å². The summed E-state index contributed by atoms with van der Waals surface area (Å²) in [6.45, 7) is 5.17. The SMILES string of the molecule is CCCCCCCCOC(=O)c1ccccc1C(=O)OCCCCCCCC.O=C(O)C(=O)O. The van der Waals surface area contributed by atoms with E-state index in [-0.39, 0.29) is 0 Å². The van der Waals surface area contributed by atoms with Gasteiger partial charge in [-0.2, -0.15) is 0 Å². The minimum absolute atomic E-state index is 0.293. The fourth-order valence-corrected chi connectivity index (χ4v) is 3.09. The molecule has 0 saturated heterocycles. The number of carboxylic acids is 2. The Hall–Kier alpha value is -2.90. The number of hydrogen-bond acceptors (Lipinski definition) is 6. The molecule has 1 rings (SSSR count). The maximum absolute atomic E-state index is 12.4. The Morgan fingerprint density at radius 2 is 0.912 bits per heavy atom. The molecule has 0 aliphatic heterocycles. The number of aliphatic carboxylic acids is 2. The second-order valence-electron chi connectivity index (χ2n) is 7.96. The Morgan fingerprint density at radius 3 is 1.24 bits per heavy atom. The predicted octanol–water partition coefficient (Wildman–Crippen LogP) is 5.88. The molecule has 1 aromatic carbocycles. The first-order valence-electron chi connectivity index (χ1n) is 12.2. The second-order valence-corrected chi connectivity index (χ2v) is 7.96. The van der Waals surface area contributed by atoms with Crippen LogP contribution in [0.15, 0.2) is 24.3 Å². The molecule has 0 unspecified atom stereocenters. The van der Waals surface area contributed by atoms with Crippen LogP contribution >= 0.6 is 0 Å². The van der Waals surface area contributed by atoms with Crippen molar-refractivity contribution in [3.8, 4) is 0 Å². The lowest BCUT2D eigenvalue weighted by molar-refractivity contribution is -0.159. The summed E-state index contributed by atoms with van der Waals surface area (Å²) in [6, 6.07) is 6.74. The summed E-state index contributed by atoms with van der Waals surface area (Å²) < 4.78 is 10.7. The van der Waals surface area contributed by atoms with Crippen LogP contribution in [0.2, 0.25) is 0 Å². The summed E-state index contributed by atoms with van der Waals surface area (Å²) in [5, 5.41) is 14.8. The number of carbonyl (C=O) groups excluding carboxylic acids is 2. The zero-order valence-electron chi connectivity index (χ0n) is 20.6. The molecule has 2 N–H and O–H groups in total. The number of carboxylic acid groups (broad SMARTS) is 2. The number of unbranched alkanes of at least 4 members (excludes halogenated alkanes) is 10. The molecular formula is C26H40O8. The highest BCUT2D eigenvalue weighted by Crippen LogP contribution is 2.14. The summed E-state index contributed by atoms with van der Waals surface area (Å²) in [5.74, 6) is -4.54. The van der Waals surface area contributed by atoms with Crippen molar-refractivity contribution in [2.45, 2.75) is 90.9 Å². The van der Waals surface area contributed by atoms with E-state index >= 15 is 0 Å². The Balaban J connectivity index is 0.00000160. The summed E-state index contributed by atoms with van der Waals surface area (Å²) in [6.07, 6.45) is 13.6. The van der Waals surface area contributed by atoms with Crippen molar-refractivity contribution >= 4 is 23.9 Å². The number of carbonyl (C=O) groups is 4. The van der Waals surface area contributed by atoms with E-state index in [4.69, 9.17) is 29.3 Å². The molecule has 8 nitrogen and oxygen atoms in total. The third-order valence-electron chi connectivity index (χ3n) is 5.01. The number of ether oxygens (including phenoxy) is 2. The molecule has 34 heavy (non-hydrogen) atoms. The van der Waals surface area contributed by atoms with E-state index in [2.05, 4.69) is 13.8 Å². The Labute approximate surface area is 202 Å². The van der Waals surface area contributed by atoms with E-state index in [1.807, 2.05) is 0 Å². The summed E-state index contributed by atoms with van der Waals surface area (Å²) in [4.78, 5) is 42.9. The molecule has 0 radical (unpaired) electrons. The van der Waals surface area contributed by atoms with Crippen LogP contribution in [0.1, 0.15) is 112 Å². The number of esters is 2. The van der Waals surface area contributed by atoms with E-state index in [9.17, 15) is 9.59 Å². The van der Waals surface area contributed by atoms with Gasteiger partial charge in [0.25, 0.3) is 0 Å². The van der Waals surface area contributed by atoms with Crippen LogP contribution in [0.25, 0.3) is 0 Å². The average Bonchev–Trinajstić information content (AvgIpc) is 2.83. The van der Waals surface area contributed by atoms with Crippen LogP contribution in [-0.2, 0) is 19.1 Å². The van der Waals surface area contributed by atoms with Crippen molar-refractivity contribution in [2.75, 3.05) is 13.2 Å². The van der Waals surface area contributed by atoms with Gasteiger partial charge in [0.1, 0.15) is 0 Å². The molecule has 1 aromatic rings. The number of rotatable bonds is 16. The van der Waals surface area contributed by atoms with Gasteiger partial charge in [-0.25, -0.2) is 19.2 Å². The first-order chi connectivity index (χ1) is 16.3. The van der Waals surface area contributed by atoms with Gasteiger partial charge in [0.15, 0.2) is 0 Å². The largest absolute Gasteiger partial charge is 0.473 e. The molecule has 0 atom stereocenters. The first kappa shape index (κ1) is 31.1. The molecule has 0 amide bonds. The lowest BCUT2D eigenvalue weighted by Gasteiger charge is -2.10. The van der Waals surface area contributed by atoms with Gasteiger partial charge in [-0.05, 0) is 25.0 Å². The molecule has 192 valence electrons. The van der Waals surface area contributed by atoms with Crippen LogP contribution in [0.3, 0.4) is 0 Å². The zero-order chi connectivity index (χ0) is 25.6. The van der Waals surface area contributed by atoms with E-state index in [1.54, 1.807) is 24.3 Å². The molecule has 0 aromatic heterocycles. The molecule has 0 heterocycles. The van der Waals surface area contributed by atoms with Gasteiger partial charge in [0.05, 0.1) is 24.3 Å². The van der Waals surface area contributed by atoms with Gasteiger partial charge >= 0.3 is 23.9 Å². The predicted molar refractivity (Wildman–Crippen MR) is 129 cm³/mol. The quantitative estimate of drug-likeness (QED) is 0.171. The van der Waals surface area contributed by atoms with Gasteiger partial charge in [0.2, 0.25) is 0 Å². The van der Waals surface area contributed by atoms with Crippen LogP contribution < -0.4 is 0 Å². The summed E-state index contributed by atoms with van der Waals surface area (Å²) >= 11 is 0. The second kappa shape index (κ2) is 20.7. The lowest BCUT2D eigenvalue weighted by Crippen LogP contribution is -2.15. The van der Waals surface area contributed by atoms with E-state index in [1.165, 1.54) is 51.4 Å². The van der Waals surface area contributed by atoms with Crippen molar-refractivity contribution in [3.63, 3.8) is 0 Å². The molecule has 8 heteroatoms. The fourth-order valence-electron chi connectivity index (χ4n) is 3.09. The molecule has 0 bridgehead atoms. The van der Waals surface area contributed by atoms with Crippen molar-refractivity contribution in [1.29, 1.82) is 0 Å². The first-order valence-corrected chi connectivity index (χ1v) is 12.2. The lowest BCUT2D eigenvalue weighted by atomic mass is 10.1. The monoisotopic (exact) mass is 480 g/mol. The van der Waals surface area contributed by atoms with Crippen molar-refractivity contribution in [2.24, 2.45) is 0 Å². The molecule has 0 saturated carbocycles. The minimum atomic E-state index is -1.82. The Bertz CT molecular complexity index is 668. The van der Waals surface area contributed by atoms with Crippen molar-refractivity contribution in [1.82, 2.24) is 0 Å². The maximum atomic E-state index is 12.4. The topological polar surface area (TPSA) is 127 Å². The third kappa shape index (κ3) is 15.8. The highest BCUT2D eigenvalue weighted by molar-refractivity contribution is 6.27. The van der Waals surface area contributed by atoms with Gasteiger partial charge < -0.3 is 19.7 Å². The summed E-state index contributed by atoms with van der Waals surface area (Å²) in [5.41, 5.74) is 0.586. The smallest absolute Gasteiger partial charge is 0.414 e. The summed E-state index contributed by atoms with van der Waals surface area (Å²) in [7, 11) is 0. The number of benzene rings is 1. The molecule has 0 aliphatic rings. The van der Waals surface area contributed by atoms with E-state index < -0.39 is 23.9 Å². The van der Waals surface area contributed by atoms with Gasteiger partial charge in [-0.1, -0.05) is 90.2 Å². The fraction of sp³-hybridized carbons (Fsp3) is 0.615. The normalized spacial score (nSPS) is 10.1. The Morgan fingerprint density at radius 1 is 0.588 bits per heavy atom. The average molecular weight is 481 g/mol. The van der Waals surface area contributed by atoms with E-state index in [0.717, 1.165) is 25.7 Å². The molecule has 0 spiro atoms. The standard InChI is InChI=1S/C24H38O4.C2H2O4/c1-3-5-7-9-11-15-19-27-23(25)21-17-13-14-18-22(21)24(26)28-20-16-12-10-8-6-4-2;3-1(4)2(5)6/h13-14,17-18H,3-12,15-16,19-20H2,1-2H3;(H,3,4)(H,5,6). The molecular weight excluding hydrogens is 440 g/mol. The maximum Gasteiger partial charge on any atom is 0.414 e. The van der Waals surface area contributed by atoms with Gasteiger partial charge in [0, 0.05) is 0 Å². The van der Waals surface area contributed by atoms with Crippen molar-refractivity contribution in [3.05, 3.63) is 35.4 Å². The van der Waals surface area contributed by atoms with Crippen LogP contribution in [0, 0.1) is 0 Å².